The van der Waals surface area contributed by atoms with Crippen LogP contribution >= 0.6 is 9.24 Å². The Bertz CT molecular complexity index is 105. The van der Waals surface area contributed by atoms with E-state index >= 15 is 0 Å². The molecular formula is C5H13N2OP. The smallest absolute Gasteiger partial charge is 0.234 e. The van der Waals surface area contributed by atoms with Gasteiger partial charge in [-0.25, -0.2) is 0 Å². The number of primary amides is 1. The van der Waals surface area contributed by atoms with Gasteiger partial charge in [0.2, 0.25) is 5.91 Å². The molecule has 3 atom stereocenters. The molecule has 0 aromatic rings. The molecule has 0 heterocycles. The van der Waals surface area contributed by atoms with Crippen molar-refractivity contribution >= 4 is 15.1 Å². The minimum absolute atomic E-state index is 0.354. The second kappa shape index (κ2) is 3.80. The van der Waals surface area contributed by atoms with Gasteiger partial charge >= 0.3 is 0 Å². The van der Waals surface area contributed by atoms with Gasteiger partial charge < -0.3 is 11.5 Å². The van der Waals surface area contributed by atoms with Gasteiger partial charge in [-0.15, -0.1) is 9.24 Å². The number of hydrogen-bond donors (Lipinski definition) is 2. The van der Waals surface area contributed by atoms with Gasteiger partial charge in [0.25, 0.3) is 0 Å². The summed E-state index contributed by atoms with van der Waals surface area (Å²) in [5.74, 6) is -0.427. The Hall–Kier alpha value is -0.140. The molecule has 0 bridgehead atoms. The topological polar surface area (TPSA) is 69.1 Å². The molecule has 0 aromatic carbocycles. The maximum absolute atomic E-state index is 10.3. The molecule has 1 amide bonds. The van der Waals surface area contributed by atoms with E-state index in [1.54, 1.807) is 0 Å². The van der Waals surface area contributed by atoms with Gasteiger partial charge in [0, 0.05) is 0 Å². The molecule has 4 N–H and O–H groups in total. The molecule has 0 aromatic heterocycles. The van der Waals surface area contributed by atoms with Crippen LogP contribution < -0.4 is 11.5 Å². The first kappa shape index (κ1) is 8.86. The number of rotatable bonds is 3. The summed E-state index contributed by atoms with van der Waals surface area (Å²) in [7, 11) is 2.56. The molecule has 0 rings (SSSR count). The predicted molar refractivity (Wildman–Crippen MR) is 41.0 cm³/mol. The van der Waals surface area contributed by atoms with Crippen LogP contribution in [0.5, 0.6) is 0 Å². The van der Waals surface area contributed by atoms with Crippen LogP contribution in [0.25, 0.3) is 0 Å². The average molecular weight is 148 g/mol. The number of amides is 1. The van der Waals surface area contributed by atoms with Crippen LogP contribution in [0, 0.1) is 0 Å². The summed E-state index contributed by atoms with van der Waals surface area (Å²) in [6, 6.07) is -0.488. The summed E-state index contributed by atoms with van der Waals surface area (Å²) < 4.78 is 0. The Morgan fingerprint density at radius 1 is 1.78 bits per heavy atom. The second-order valence-corrected chi connectivity index (χ2v) is 3.36. The highest BCUT2D eigenvalue weighted by Crippen LogP contribution is 2.04. The number of carbonyl (C=O) groups excluding carboxylic acids is 1. The van der Waals surface area contributed by atoms with E-state index in [2.05, 4.69) is 9.24 Å². The first-order valence-electron chi connectivity index (χ1n) is 2.84. The number of carbonyl (C=O) groups is 1. The van der Waals surface area contributed by atoms with E-state index in [1.807, 2.05) is 6.92 Å². The lowest BCUT2D eigenvalue weighted by atomic mass is 10.2. The third-order valence-electron chi connectivity index (χ3n) is 0.991. The van der Waals surface area contributed by atoms with Crippen LogP contribution in [-0.4, -0.2) is 17.6 Å². The second-order valence-electron chi connectivity index (χ2n) is 2.22. The predicted octanol–water partition coefficient (Wildman–Crippen LogP) is -0.547. The van der Waals surface area contributed by atoms with Gasteiger partial charge in [-0.05, 0) is 12.1 Å². The van der Waals surface area contributed by atoms with Crippen molar-refractivity contribution in [1.29, 1.82) is 0 Å². The first-order valence-corrected chi connectivity index (χ1v) is 3.51. The maximum atomic E-state index is 10.3. The fourth-order valence-corrected chi connectivity index (χ4v) is 0.810. The molecule has 0 aliphatic rings. The van der Waals surface area contributed by atoms with E-state index in [1.165, 1.54) is 0 Å². The van der Waals surface area contributed by atoms with Crippen LogP contribution in [-0.2, 0) is 4.79 Å². The molecule has 0 aliphatic carbocycles. The van der Waals surface area contributed by atoms with Crippen LogP contribution in [0.1, 0.15) is 13.3 Å². The Balaban J connectivity index is 3.50. The fourth-order valence-electron chi connectivity index (χ4n) is 0.517. The lowest BCUT2D eigenvalue weighted by Gasteiger charge is -2.08. The number of nitrogens with two attached hydrogens (primary N) is 2. The van der Waals surface area contributed by atoms with Gasteiger partial charge in [0.05, 0.1) is 6.04 Å². The minimum atomic E-state index is -0.488. The molecule has 0 aliphatic heterocycles. The van der Waals surface area contributed by atoms with E-state index in [0.717, 1.165) is 0 Å². The van der Waals surface area contributed by atoms with Gasteiger partial charge in [0.1, 0.15) is 0 Å². The molecule has 0 radical (unpaired) electrons. The summed E-state index contributed by atoms with van der Waals surface area (Å²) in [6.07, 6.45) is 0.639. The van der Waals surface area contributed by atoms with Crippen molar-refractivity contribution in [2.45, 2.75) is 25.0 Å². The van der Waals surface area contributed by atoms with Gasteiger partial charge in [-0.3, -0.25) is 4.79 Å². The van der Waals surface area contributed by atoms with Crippen molar-refractivity contribution in [2.75, 3.05) is 0 Å². The molecule has 0 fully saturated rings. The van der Waals surface area contributed by atoms with E-state index in [0.29, 0.717) is 12.1 Å². The molecule has 9 heavy (non-hydrogen) atoms. The fraction of sp³-hybridized carbons (Fsp3) is 0.800. The van der Waals surface area contributed by atoms with Crippen molar-refractivity contribution in [2.24, 2.45) is 11.5 Å². The van der Waals surface area contributed by atoms with E-state index in [4.69, 9.17) is 11.5 Å². The van der Waals surface area contributed by atoms with Gasteiger partial charge in [0.15, 0.2) is 0 Å². The summed E-state index contributed by atoms with van der Waals surface area (Å²) in [6.45, 7) is 1.97. The lowest BCUT2D eigenvalue weighted by Crippen LogP contribution is -2.37. The molecule has 0 saturated carbocycles. The Morgan fingerprint density at radius 3 is 2.33 bits per heavy atom. The van der Waals surface area contributed by atoms with Crippen LogP contribution in [0.2, 0.25) is 0 Å². The molecule has 3 nitrogen and oxygen atoms in total. The Labute approximate surface area is 57.4 Å². The normalized spacial score (nSPS) is 16.8. The SMILES string of the molecule is CC(P)CC(N)C(N)=O. The Kier molecular flexibility index (Phi) is 3.75. The average Bonchev–Trinajstić information content (AvgIpc) is 1.63. The quantitative estimate of drug-likeness (QED) is 0.527. The summed E-state index contributed by atoms with van der Waals surface area (Å²) in [5.41, 5.74) is 10.6. The zero-order chi connectivity index (χ0) is 7.44. The summed E-state index contributed by atoms with van der Waals surface area (Å²) in [5, 5.41) is 0. The molecule has 54 valence electrons. The van der Waals surface area contributed by atoms with Gasteiger partial charge in [-0.1, -0.05) is 6.92 Å². The van der Waals surface area contributed by atoms with Crippen molar-refractivity contribution in [3.05, 3.63) is 0 Å². The van der Waals surface area contributed by atoms with Crippen LogP contribution in [0.4, 0.5) is 0 Å². The van der Waals surface area contributed by atoms with Crippen LogP contribution in [0.3, 0.4) is 0 Å². The van der Waals surface area contributed by atoms with Crippen molar-refractivity contribution in [1.82, 2.24) is 0 Å². The number of hydrogen-bond acceptors (Lipinski definition) is 2. The van der Waals surface area contributed by atoms with Crippen molar-refractivity contribution < 1.29 is 4.79 Å². The third-order valence-corrected chi connectivity index (χ3v) is 1.26. The first-order chi connectivity index (χ1) is 4.04. The van der Waals surface area contributed by atoms with Crippen molar-refractivity contribution in [3.8, 4) is 0 Å². The van der Waals surface area contributed by atoms with E-state index in [9.17, 15) is 4.79 Å². The summed E-state index contributed by atoms with van der Waals surface area (Å²) in [4.78, 5) is 10.3. The standard InChI is InChI=1S/C5H13N2OP/c1-3(9)2-4(6)5(7)8/h3-4H,2,6,9H2,1H3,(H2,7,8). The van der Waals surface area contributed by atoms with Crippen LogP contribution in [0.15, 0.2) is 0 Å². The van der Waals surface area contributed by atoms with Gasteiger partial charge in [-0.2, -0.15) is 0 Å². The zero-order valence-corrected chi connectivity index (χ0v) is 6.66. The zero-order valence-electron chi connectivity index (χ0n) is 5.50. The van der Waals surface area contributed by atoms with Crippen molar-refractivity contribution in [3.63, 3.8) is 0 Å². The molecule has 4 heteroatoms. The third kappa shape index (κ3) is 4.37. The molecular weight excluding hydrogens is 135 g/mol. The summed E-state index contributed by atoms with van der Waals surface area (Å²) >= 11 is 0. The molecule has 0 saturated heterocycles. The molecule has 3 unspecified atom stereocenters. The highest BCUT2D eigenvalue weighted by atomic mass is 31.0. The minimum Gasteiger partial charge on any atom is -0.368 e. The van der Waals surface area contributed by atoms with E-state index < -0.39 is 11.9 Å². The Morgan fingerprint density at radius 2 is 2.22 bits per heavy atom. The largest absolute Gasteiger partial charge is 0.368 e. The highest BCUT2D eigenvalue weighted by molar-refractivity contribution is 7.17. The van der Waals surface area contributed by atoms with E-state index in [-0.39, 0.29) is 0 Å². The highest BCUT2D eigenvalue weighted by Gasteiger charge is 2.09. The lowest BCUT2D eigenvalue weighted by molar-refractivity contribution is -0.119. The maximum Gasteiger partial charge on any atom is 0.234 e. The monoisotopic (exact) mass is 148 g/mol. The molecule has 0 spiro atoms.